The molecule has 1 N–H and O–H groups in total. The standard InChI is InChI=1S/C21H17N3O/c25-15-18(16-9-3-1-4-10-16)21(17-11-5-2-6-12-17)24-20-14-8-7-13-19(20)22-23-24/h1-14,25H,15H2/b21-18-. The fourth-order valence-electron chi connectivity index (χ4n) is 3.00. The first-order chi connectivity index (χ1) is 12.4. The van der Waals surface area contributed by atoms with Crippen molar-refractivity contribution in [3.05, 3.63) is 96.1 Å². The Morgan fingerprint density at radius 1 is 0.760 bits per heavy atom. The lowest BCUT2D eigenvalue weighted by molar-refractivity contribution is 0.350. The van der Waals surface area contributed by atoms with Gasteiger partial charge in [-0.25, -0.2) is 4.68 Å². The van der Waals surface area contributed by atoms with Crippen molar-refractivity contribution in [3.63, 3.8) is 0 Å². The van der Waals surface area contributed by atoms with Crippen molar-refractivity contribution in [2.75, 3.05) is 6.61 Å². The Morgan fingerprint density at radius 2 is 1.36 bits per heavy atom. The molecule has 0 spiro atoms. The zero-order valence-corrected chi connectivity index (χ0v) is 13.6. The molecule has 122 valence electrons. The quantitative estimate of drug-likeness (QED) is 0.579. The van der Waals surface area contributed by atoms with Gasteiger partial charge in [0.1, 0.15) is 5.52 Å². The summed E-state index contributed by atoms with van der Waals surface area (Å²) in [4.78, 5) is 0. The first-order valence-electron chi connectivity index (χ1n) is 8.14. The summed E-state index contributed by atoms with van der Waals surface area (Å²) in [5.41, 5.74) is 5.31. The molecule has 0 aliphatic rings. The summed E-state index contributed by atoms with van der Waals surface area (Å²) in [6, 6.07) is 27.7. The summed E-state index contributed by atoms with van der Waals surface area (Å²) in [5, 5.41) is 18.8. The van der Waals surface area contributed by atoms with Crippen LogP contribution < -0.4 is 0 Å². The van der Waals surface area contributed by atoms with E-state index in [1.165, 1.54) is 0 Å². The van der Waals surface area contributed by atoms with Crippen LogP contribution in [-0.4, -0.2) is 26.7 Å². The number of aliphatic hydroxyl groups is 1. The van der Waals surface area contributed by atoms with Gasteiger partial charge < -0.3 is 5.11 Å². The predicted octanol–water partition coefficient (Wildman–Crippen LogP) is 3.84. The fourth-order valence-corrected chi connectivity index (χ4v) is 3.00. The lowest BCUT2D eigenvalue weighted by Crippen LogP contribution is -2.07. The van der Waals surface area contributed by atoms with Crippen molar-refractivity contribution in [1.82, 2.24) is 15.0 Å². The summed E-state index contributed by atoms with van der Waals surface area (Å²) in [6.45, 7) is -0.0948. The van der Waals surface area contributed by atoms with Crippen molar-refractivity contribution in [2.24, 2.45) is 0 Å². The Labute approximate surface area is 145 Å². The maximum Gasteiger partial charge on any atom is 0.113 e. The molecule has 25 heavy (non-hydrogen) atoms. The number of aliphatic hydroxyl groups excluding tert-OH is 1. The molecule has 0 atom stereocenters. The summed E-state index contributed by atoms with van der Waals surface area (Å²) >= 11 is 0. The molecule has 0 bridgehead atoms. The molecule has 1 heterocycles. The van der Waals surface area contributed by atoms with Crippen molar-refractivity contribution in [1.29, 1.82) is 0 Å². The van der Waals surface area contributed by atoms with Gasteiger partial charge in [-0.15, -0.1) is 5.10 Å². The highest BCUT2D eigenvalue weighted by molar-refractivity contribution is 5.94. The lowest BCUT2D eigenvalue weighted by atomic mass is 10.00. The lowest BCUT2D eigenvalue weighted by Gasteiger charge is -2.15. The summed E-state index contributed by atoms with van der Waals surface area (Å²) in [5.74, 6) is 0. The molecule has 4 heteroatoms. The predicted molar refractivity (Wildman–Crippen MR) is 99.7 cm³/mol. The number of para-hydroxylation sites is 1. The Balaban J connectivity index is 2.05. The zero-order valence-electron chi connectivity index (χ0n) is 13.6. The first kappa shape index (κ1) is 15.3. The third kappa shape index (κ3) is 2.84. The molecule has 0 aliphatic carbocycles. The molecule has 0 radical (unpaired) electrons. The second-order valence-electron chi connectivity index (χ2n) is 5.71. The molecule has 0 amide bonds. The molecule has 3 aromatic carbocycles. The number of hydrogen-bond acceptors (Lipinski definition) is 3. The molecule has 0 saturated carbocycles. The molecule has 1 aromatic heterocycles. The zero-order chi connectivity index (χ0) is 17.1. The van der Waals surface area contributed by atoms with Gasteiger partial charge in [-0.1, -0.05) is 78.0 Å². The molecule has 0 unspecified atom stereocenters. The fraction of sp³-hybridized carbons (Fsp3) is 0.0476. The second kappa shape index (κ2) is 6.71. The minimum Gasteiger partial charge on any atom is -0.392 e. The molecule has 0 fully saturated rings. The highest BCUT2D eigenvalue weighted by Gasteiger charge is 2.16. The van der Waals surface area contributed by atoms with Gasteiger partial charge in [-0.3, -0.25) is 0 Å². The molecule has 0 saturated heterocycles. The normalized spacial score (nSPS) is 12.2. The minimum absolute atomic E-state index is 0.0948. The smallest absolute Gasteiger partial charge is 0.113 e. The van der Waals surface area contributed by atoms with E-state index in [1.807, 2.05) is 89.6 Å². The van der Waals surface area contributed by atoms with E-state index >= 15 is 0 Å². The van der Waals surface area contributed by atoms with Gasteiger partial charge in [0.15, 0.2) is 0 Å². The van der Waals surface area contributed by atoms with Crippen LogP contribution in [0.5, 0.6) is 0 Å². The van der Waals surface area contributed by atoms with Gasteiger partial charge in [0.25, 0.3) is 0 Å². The summed E-state index contributed by atoms with van der Waals surface area (Å²) in [7, 11) is 0. The highest BCUT2D eigenvalue weighted by Crippen LogP contribution is 2.29. The molecule has 4 rings (SSSR count). The topological polar surface area (TPSA) is 50.9 Å². The molecular formula is C21H17N3O. The number of rotatable bonds is 4. The molecule has 0 aliphatic heterocycles. The van der Waals surface area contributed by atoms with Gasteiger partial charge in [0.2, 0.25) is 0 Å². The van der Waals surface area contributed by atoms with Gasteiger partial charge in [0, 0.05) is 11.1 Å². The van der Waals surface area contributed by atoms with Gasteiger partial charge in [0.05, 0.1) is 17.8 Å². The Hall–Kier alpha value is -3.24. The molecule has 4 aromatic rings. The molecule has 4 nitrogen and oxygen atoms in total. The number of hydrogen-bond donors (Lipinski definition) is 1. The second-order valence-corrected chi connectivity index (χ2v) is 5.71. The van der Waals surface area contributed by atoms with Crippen molar-refractivity contribution in [2.45, 2.75) is 0 Å². The van der Waals surface area contributed by atoms with Crippen LogP contribution in [-0.2, 0) is 0 Å². The molecular weight excluding hydrogens is 310 g/mol. The average Bonchev–Trinajstić information content (AvgIpc) is 3.11. The van der Waals surface area contributed by atoms with E-state index in [-0.39, 0.29) is 6.61 Å². The Bertz CT molecular complexity index is 1020. The van der Waals surface area contributed by atoms with E-state index < -0.39 is 0 Å². The van der Waals surface area contributed by atoms with E-state index in [1.54, 1.807) is 0 Å². The maximum atomic E-state index is 10.2. The van der Waals surface area contributed by atoms with Crippen molar-refractivity contribution in [3.8, 4) is 0 Å². The van der Waals surface area contributed by atoms with Gasteiger partial charge >= 0.3 is 0 Å². The maximum absolute atomic E-state index is 10.2. The van der Waals surface area contributed by atoms with Crippen LogP contribution >= 0.6 is 0 Å². The van der Waals surface area contributed by atoms with Gasteiger partial charge in [-0.05, 0) is 17.7 Å². The van der Waals surface area contributed by atoms with Gasteiger partial charge in [-0.2, -0.15) is 0 Å². The monoisotopic (exact) mass is 327 g/mol. The minimum atomic E-state index is -0.0948. The SMILES string of the molecule is OC/C(=C(\c1ccccc1)n1nnc2ccccc21)c1ccccc1. The largest absolute Gasteiger partial charge is 0.392 e. The highest BCUT2D eigenvalue weighted by atomic mass is 16.3. The number of benzene rings is 3. The van der Waals surface area contributed by atoms with E-state index in [9.17, 15) is 5.11 Å². The average molecular weight is 327 g/mol. The van der Waals surface area contributed by atoms with Crippen LogP contribution in [0.1, 0.15) is 11.1 Å². The van der Waals surface area contributed by atoms with Crippen LogP contribution in [0, 0.1) is 0 Å². The number of fused-ring (bicyclic) bond motifs is 1. The van der Waals surface area contributed by atoms with Crippen LogP contribution in [0.3, 0.4) is 0 Å². The third-order valence-electron chi connectivity index (χ3n) is 4.18. The number of nitrogens with zero attached hydrogens (tertiary/aromatic N) is 3. The summed E-state index contributed by atoms with van der Waals surface area (Å²) in [6.07, 6.45) is 0. The van der Waals surface area contributed by atoms with E-state index in [0.29, 0.717) is 0 Å². The number of aromatic nitrogens is 3. The van der Waals surface area contributed by atoms with E-state index in [4.69, 9.17) is 0 Å². The first-order valence-corrected chi connectivity index (χ1v) is 8.14. The van der Waals surface area contributed by atoms with Crippen molar-refractivity contribution < 1.29 is 5.11 Å². The van der Waals surface area contributed by atoms with E-state index in [2.05, 4.69) is 10.3 Å². The Morgan fingerprint density at radius 3 is 2.04 bits per heavy atom. The van der Waals surface area contributed by atoms with Crippen LogP contribution in [0.15, 0.2) is 84.9 Å². The van der Waals surface area contributed by atoms with Crippen LogP contribution in [0.25, 0.3) is 22.3 Å². The van der Waals surface area contributed by atoms with E-state index in [0.717, 1.165) is 33.4 Å². The third-order valence-corrected chi connectivity index (χ3v) is 4.18. The summed E-state index contributed by atoms with van der Waals surface area (Å²) < 4.78 is 1.81. The Kier molecular flexibility index (Phi) is 4.11. The van der Waals surface area contributed by atoms with Crippen LogP contribution in [0.4, 0.5) is 0 Å². The van der Waals surface area contributed by atoms with Crippen molar-refractivity contribution >= 4 is 22.3 Å². The van der Waals surface area contributed by atoms with Crippen LogP contribution in [0.2, 0.25) is 0 Å².